The first kappa shape index (κ1) is 21.7. The number of thiophene rings is 1. The SMILES string of the molecule is O=C(Nc1cccc(-c2ccnc3c(C(=O)c4cccs4)cnn23)c1)c1ccc(-n2cccc2)cc1. The van der Waals surface area contributed by atoms with Crippen molar-refractivity contribution in [1.29, 1.82) is 0 Å². The summed E-state index contributed by atoms with van der Waals surface area (Å²) in [6.45, 7) is 0. The van der Waals surface area contributed by atoms with Gasteiger partial charge in [-0.2, -0.15) is 5.10 Å². The molecule has 0 spiro atoms. The van der Waals surface area contributed by atoms with Crippen LogP contribution in [-0.4, -0.2) is 30.9 Å². The number of ketones is 1. The van der Waals surface area contributed by atoms with Gasteiger partial charge in [-0.1, -0.05) is 18.2 Å². The number of nitrogens with zero attached hydrogens (tertiary/aromatic N) is 4. The van der Waals surface area contributed by atoms with Crippen molar-refractivity contribution in [2.75, 3.05) is 5.32 Å². The molecule has 36 heavy (non-hydrogen) atoms. The Morgan fingerprint density at radius 3 is 2.50 bits per heavy atom. The van der Waals surface area contributed by atoms with Crippen LogP contribution in [0.2, 0.25) is 0 Å². The van der Waals surface area contributed by atoms with Crippen LogP contribution < -0.4 is 5.32 Å². The average molecular weight is 490 g/mol. The van der Waals surface area contributed by atoms with Crippen LogP contribution in [0.25, 0.3) is 22.6 Å². The van der Waals surface area contributed by atoms with Crippen LogP contribution in [0.4, 0.5) is 5.69 Å². The summed E-state index contributed by atoms with van der Waals surface area (Å²) in [5.74, 6) is -0.303. The van der Waals surface area contributed by atoms with E-state index < -0.39 is 0 Å². The summed E-state index contributed by atoms with van der Waals surface area (Å²) in [5, 5.41) is 9.28. The van der Waals surface area contributed by atoms with Crippen molar-refractivity contribution in [3.63, 3.8) is 0 Å². The van der Waals surface area contributed by atoms with Gasteiger partial charge in [0.15, 0.2) is 5.65 Å². The van der Waals surface area contributed by atoms with Crippen molar-refractivity contribution in [2.45, 2.75) is 0 Å². The molecule has 0 radical (unpaired) electrons. The number of rotatable bonds is 6. The van der Waals surface area contributed by atoms with Gasteiger partial charge >= 0.3 is 0 Å². The lowest BCUT2D eigenvalue weighted by Gasteiger charge is -2.10. The minimum Gasteiger partial charge on any atom is -0.324 e. The molecule has 4 aromatic heterocycles. The fraction of sp³-hybridized carbons (Fsp3) is 0. The molecule has 0 aliphatic carbocycles. The smallest absolute Gasteiger partial charge is 0.255 e. The molecule has 0 saturated heterocycles. The van der Waals surface area contributed by atoms with Crippen LogP contribution in [-0.2, 0) is 0 Å². The first-order valence-electron chi connectivity index (χ1n) is 11.2. The summed E-state index contributed by atoms with van der Waals surface area (Å²) in [5.41, 5.74) is 4.73. The lowest BCUT2D eigenvalue weighted by atomic mass is 10.1. The molecule has 0 fully saturated rings. The first-order chi connectivity index (χ1) is 17.7. The van der Waals surface area contributed by atoms with E-state index >= 15 is 0 Å². The number of benzene rings is 2. The van der Waals surface area contributed by atoms with Gasteiger partial charge in [-0.05, 0) is 66.0 Å². The fourth-order valence-electron chi connectivity index (χ4n) is 4.06. The standard InChI is InChI=1S/C28H19N5O2S/c34-26(25-7-4-16-36-25)23-18-30-33-24(12-13-29-27(23)33)20-5-3-6-21(17-20)31-28(35)19-8-10-22(11-9-19)32-14-1-2-15-32/h1-18H,(H,31,35). The zero-order chi connectivity index (χ0) is 24.5. The van der Waals surface area contributed by atoms with Crippen molar-refractivity contribution in [2.24, 2.45) is 0 Å². The van der Waals surface area contributed by atoms with Crippen molar-refractivity contribution in [3.8, 4) is 16.9 Å². The molecule has 0 saturated carbocycles. The zero-order valence-electron chi connectivity index (χ0n) is 18.9. The van der Waals surface area contributed by atoms with Gasteiger partial charge in [0.1, 0.15) is 0 Å². The van der Waals surface area contributed by atoms with Crippen LogP contribution in [0.5, 0.6) is 0 Å². The van der Waals surface area contributed by atoms with Crippen LogP contribution in [0.3, 0.4) is 0 Å². The molecule has 1 N–H and O–H groups in total. The molecule has 1 amide bonds. The number of nitrogens with one attached hydrogen (secondary N) is 1. The largest absolute Gasteiger partial charge is 0.324 e. The van der Waals surface area contributed by atoms with E-state index in [4.69, 9.17) is 0 Å². The molecule has 8 heteroatoms. The predicted octanol–water partition coefficient (Wildman–Crippen LogP) is 5.73. The Bertz CT molecular complexity index is 1680. The second-order valence-corrected chi connectivity index (χ2v) is 9.05. The zero-order valence-corrected chi connectivity index (χ0v) is 19.7. The quantitative estimate of drug-likeness (QED) is 0.303. The third kappa shape index (κ3) is 3.99. The number of amides is 1. The normalized spacial score (nSPS) is 11.0. The molecule has 7 nitrogen and oxygen atoms in total. The molecule has 0 bridgehead atoms. The lowest BCUT2D eigenvalue weighted by Crippen LogP contribution is -2.12. The minimum atomic E-state index is -0.200. The van der Waals surface area contributed by atoms with Gasteiger partial charge in [0.05, 0.1) is 22.3 Å². The monoisotopic (exact) mass is 489 g/mol. The Labute approximate surface area is 210 Å². The molecule has 6 aromatic rings. The number of carbonyl (C=O) groups excluding carboxylic acids is 2. The number of hydrogen-bond donors (Lipinski definition) is 1. The summed E-state index contributed by atoms with van der Waals surface area (Å²) in [4.78, 5) is 30.8. The number of carbonyl (C=O) groups is 2. The second-order valence-electron chi connectivity index (χ2n) is 8.10. The van der Waals surface area contributed by atoms with E-state index in [0.29, 0.717) is 27.3 Å². The van der Waals surface area contributed by atoms with E-state index in [1.807, 2.05) is 83.0 Å². The van der Waals surface area contributed by atoms with E-state index in [1.165, 1.54) is 11.3 Å². The highest BCUT2D eigenvalue weighted by atomic mass is 32.1. The third-order valence-electron chi connectivity index (χ3n) is 5.84. The highest BCUT2D eigenvalue weighted by molar-refractivity contribution is 7.12. The van der Waals surface area contributed by atoms with Crippen molar-refractivity contribution in [3.05, 3.63) is 125 Å². The van der Waals surface area contributed by atoms with Gasteiger partial charge < -0.3 is 9.88 Å². The van der Waals surface area contributed by atoms with Gasteiger partial charge in [0.2, 0.25) is 5.78 Å². The van der Waals surface area contributed by atoms with Crippen molar-refractivity contribution >= 4 is 34.4 Å². The summed E-state index contributed by atoms with van der Waals surface area (Å²) < 4.78 is 3.64. The Morgan fingerprint density at radius 2 is 1.72 bits per heavy atom. The average Bonchev–Trinajstić information content (AvgIpc) is 3.70. The first-order valence-corrected chi connectivity index (χ1v) is 12.1. The van der Waals surface area contributed by atoms with Crippen LogP contribution in [0, 0.1) is 0 Å². The summed E-state index contributed by atoms with van der Waals surface area (Å²) in [7, 11) is 0. The summed E-state index contributed by atoms with van der Waals surface area (Å²) in [6, 6.07) is 24.3. The predicted molar refractivity (Wildman–Crippen MR) is 140 cm³/mol. The number of hydrogen-bond acceptors (Lipinski definition) is 5. The van der Waals surface area contributed by atoms with E-state index in [2.05, 4.69) is 15.4 Å². The second kappa shape index (κ2) is 9.09. The van der Waals surface area contributed by atoms with Gasteiger partial charge in [-0.15, -0.1) is 11.3 Å². The lowest BCUT2D eigenvalue weighted by molar-refractivity contribution is 0.102. The molecule has 0 atom stereocenters. The van der Waals surface area contributed by atoms with E-state index in [1.54, 1.807) is 35.1 Å². The van der Waals surface area contributed by atoms with Gasteiger partial charge in [-0.25, -0.2) is 9.50 Å². The maximum absolute atomic E-state index is 12.9. The highest BCUT2D eigenvalue weighted by Gasteiger charge is 2.18. The van der Waals surface area contributed by atoms with Crippen molar-refractivity contribution in [1.82, 2.24) is 19.2 Å². The highest BCUT2D eigenvalue weighted by Crippen LogP contribution is 2.26. The number of aromatic nitrogens is 4. The van der Waals surface area contributed by atoms with Gasteiger partial charge in [-0.3, -0.25) is 9.59 Å². The molecule has 0 aliphatic heterocycles. The van der Waals surface area contributed by atoms with Gasteiger partial charge in [0.25, 0.3) is 5.91 Å². The topological polar surface area (TPSA) is 81.3 Å². The summed E-state index contributed by atoms with van der Waals surface area (Å²) in [6.07, 6.45) is 7.13. The maximum atomic E-state index is 12.9. The molecular weight excluding hydrogens is 470 g/mol. The van der Waals surface area contributed by atoms with E-state index in [9.17, 15) is 9.59 Å². The van der Waals surface area contributed by atoms with Crippen LogP contribution in [0.15, 0.2) is 109 Å². The summed E-state index contributed by atoms with van der Waals surface area (Å²) >= 11 is 1.39. The molecule has 2 aromatic carbocycles. The number of fused-ring (bicyclic) bond motifs is 1. The van der Waals surface area contributed by atoms with Crippen LogP contribution in [0.1, 0.15) is 25.6 Å². The molecule has 4 heterocycles. The Morgan fingerprint density at radius 1 is 0.889 bits per heavy atom. The van der Waals surface area contributed by atoms with Crippen LogP contribution >= 0.6 is 11.3 Å². The molecule has 0 unspecified atom stereocenters. The fourth-order valence-corrected chi connectivity index (χ4v) is 4.74. The van der Waals surface area contributed by atoms with E-state index in [-0.39, 0.29) is 11.7 Å². The number of anilines is 1. The molecular formula is C28H19N5O2S. The van der Waals surface area contributed by atoms with E-state index in [0.717, 1.165) is 16.9 Å². The molecule has 174 valence electrons. The van der Waals surface area contributed by atoms with Gasteiger partial charge in [0, 0.05) is 41.1 Å². The third-order valence-corrected chi connectivity index (χ3v) is 6.71. The minimum absolute atomic E-state index is 0.103. The molecule has 0 aliphatic rings. The Kier molecular flexibility index (Phi) is 5.48. The van der Waals surface area contributed by atoms with Crippen molar-refractivity contribution < 1.29 is 9.59 Å². The molecule has 6 rings (SSSR count). The Hall–Kier alpha value is -4.82. The maximum Gasteiger partial charge on any atom is 0.255 e. The Balaban J connectivity index is 1.27.